The van der Waals surface area contributed by atoms with E-state index in [9.17, 15) is 5.11 Å². The van der Waals surface area contributed by atoms with Crippen molar-refractivity contribution in [2.75, 3.05) is 0 Å². The number of thioether (sulfide) groups is 1. The second-order valence-corrected chi connectivity index (χ2v) is 6.65. The Balaban J connectivity index is 1.83. The Kier molecular flexibility index (Phi) is 3.43. The molecule has 0 aliphatic carbocycles. The van der Waals surface area contributed by atoms with Crippen molar-refractivity contribution in [1.82, 2.24) is 0 Å². The Hall–Kier alpha value is 0.310. The van der Waals surface area contributed by atoms with Crippen LogP contribution in [0.1, 0.15) is 58.3 Å². The van der Waals surface area contributed by atoms with Gasteiger partial charge >= 0.3 is 0 Å². The monoisotopic (exact) mass is 214 g/mol. The first kappa shape index (κ1) is 10.8. The summed E-state index contributed by atoms with van der Waals surface area (Å²) in [5.74, 6) is 0. The van der Waals surface area contributed by atoms with Gasteiger partial charge < -0.3 is 5.11 Å². The summed E-state index contributed by atoms with van der Waals surface area (Å²) < 4.78 is 0. The Morgan fingerprint density at radius 3 is 2.43 bits per heavy atom. The minimum atomic E-state index is -0.285. The maximum Gasteiger partial charge on any atom is 0.0668 e. The predicted octanol–water partition coefficient (Wildman–Crippen LogP) is 3.36. The molecule has 0 spiro atoms. The average Bonchev–Trinajstić information content (AvgIpc) is 2.46. The summed E-state index contributed by atoms with van der Waals surface area (Å²) in [7, 11) is 0. The molecule has 0 aromatic heterocycles. The van der Waals surface area contributed by atoms with Crippen molar-refractivity contribution in [3.05, 3.63) is 0 Å². The third kappa shape index (κ3) is 2.46. The lowest BCUT2D eigenvalue weighted by Gasteiger charge is -2.36. The molecule has 2 aliphatic rings. The van der Waals surface area contributed by atoms with Gasteiger partial charge in [-0.15, -0.1) is 0 Å². The van der Waals surface area contributed by atoms with Crippen molar-refractivity contribution in [2.24, 2.45) is 0 Å². The molecular weight excluding hydrogens is 192 g/mol. The highest BCUT2D eigenvalue weighted by Crippen LogP contribution is 2.48. The third-order valence-electron chi connectivity index (χ3n) is 3.66. The maximum atomic E-state index is 10.5. The number of rotatable bonds is 4. The highest BCUT2D eigenvalue weighted by molar-refractivity contribution is 8.00. The van der Waals surface area contributed by atoms with Crippen LogP contribution in [0.5, 0.6) is 0 Å². The zero-order valence-corrected chi connectivity index (χ0v) is 9.98. The van der Waals surface area contributed by atoms with E-state index in [2.05, 4.69) is 18.7 Å². The zero-order chi connectivity index (χ0) is 10.0. The van der Waals surface area contributed by atoms with Crippen LogP contribution in [-0.2, 0) is 0 Å². The molecule has 2 atom stereocenters. The second kappa shape index (κ2) is 4.44. The standard InChI is InChI=1S/C12H22OS/c1-2-3-4-7-12(13)8-10-5-6-11(9-12)14-10/h10-11,13H,2-9H2,1H3. The summed E-state index contributed by atoms with van der Waals surface area (Å²) in [6, 6.07) is 0. The van der Waals surface area contributed by atoms with E-state index in [4.69, 9.17) is 0 Å². The molecular formula is C12H22OS. The van der Waals surface area contributed by atoms with Crippen LogP contribution in [0.4, 0.5) is 0 Å². The van der Waals surface area contributed by atoms with Crippen LogP contribution >= 0.6 is 11.8 Å². The normalized spacial score (nSPS) is 41.6. The van der Waals surface area contributed by atoms with Gasteiger partial charge in [0.15, 0.2) is 0 Å². The molecule has 2 fully saturated rings. The molecule has 2 aliphatic heterocycles. The van der Waals surface area contributed by atoms with Crippen molar-refractivity contribution in [3.8, 4) is 0 Å². The number of hydrogen-bond acceptors (Lipinski definition) is 2. The smallest absolute Gasteiger partial charge is 0.0668 e. The molecule has 2 saturated heterocycles. The second-order valence-electron chi connectivity index (χ2n) is 5.05. The Labute approximate surface area is 91.7 Å². The third-order valence-corrected chi connectivity index (χ3v) is 5.23. The minimum Gasteiger partial charge on any atom is -0.390 e. The van der Waals surface area contributed by atoms with Gasteiger partial charge in [0.05, 0.1) is 5.60 Å². The highest BCUT2D eigenvalue weighted by Gasteiger charge is 2.42. The fraction of sp³-hybridized carbons (Fsp3) is 1.00. The summed E-state index contributed by atoms with van der Waals surface area (Å²) in [5, 5.41) is 12.0. The fourth-order valence-electron chi connectivity index (χ4n) is 2.92. The lowest BCUT2D eigenvalue weighted by Crippen LogP contribution is -2.37. The molecule has 82 valence electrons. The SMILES string of the molecule is CCCCCC1(O)CC2CCC(C1)S2. The van der Waals surface area contributed by atoms with Crippen molar-refractivity contribution < 1.29 is 5.11 Å². The fourth-order valence-corrected chi connectivity index (χ4v) is 4.82. The highest BCUT2D eigenvalue weighted by atomic mass is 32.2. The van der Waals surface area contributed by atoms with Gasteiger partial charge in [-0.25, -0.2) is 0 Å². The number of hydrogen-bond donors (Lipinski definition) is 1. The summed E-state index contributed by atoms with van der Waals surface area (Å²) in [4.78, 5) is 0. The lowest BCUT2D eigenvalue weighted by atomic mass is 9.88. The van der Waals surface area contributed by atoms with E-state index in [0.717, 1.165) is 29.8 Å². The van der Waals surface area contributed by atoms with Gasteiger partial charge in [-0.1, -0.05) is 26.2 Å². The van der Waals surface area contributed by atoms with E-state index < -0.39 is 0 Å². The molecule has 0 radical (unpaired) electrons. The van der Waals surface area contributed by atoms with E-state index in [1.54, 1.807) is 0 Å². The van der Waals surface area contributed by atoms with Gasteiger partial charge in [-0.3, -0.25) is 0 Å². The number of aliphatic hydroxyl groups is 1. The Morgan fingerprint density at radius 2 is 1.86 bits per heavy atom. The van der Waals surface area contributed by atoms with Crippen LogP contribution in [0.2, 0.25) is 0 Å². The first-order valence-electron chi connectivity index (χ1n) is 6.10. The van der Waals surface area contributed by atoms with E-state index in [1.165, 1.54) is 32.1 Å². The molecule has 14 heavy (non-hydrogen) atoms. The van der Waals surface area contributed by atoms with Crippen molar-refractivity contribution in [1.29, 1.82) is 0 Å². The van der Waals surface area contributed by atoms with Gasteiger partial charge in [0.2, 0.25) is 0 Å². The Bertz CT molecular complexity index is 181. The lowest BCUT2D eigenvalue weighted by molar-refractivity contribution is 0.0131. The number of fused-ring (bicyclic) bond motifs is 2. The van der Waals surface area contributed by atoms with Crippen molar-refractivity contribution in [3.63, 3.8) is 0 Å². The van der Waals surface area contributed by atoms with Gasteiger partial charge in [0.25, 0.3) is 0 Å². The first-order chi connectivity index (χ1) is 6.72. The van der Waals surface area contributed by atoms with Crippen LogP contribution in [0.15, 0.2) is 0 Å². The van der Waals surface area contributed by atoms with Crippen LogP contribution in [0, 0.1) is 0 Å². The largest absolute Gasteiger partial charge is 0.390 e. The topological polar surface area (TPSA) is 20.2 Å². The quantitative estimate of drug-likeness (QED) is 0.724. The maximum absolute atomic E-state index is 10.5. The molecule has 0 amide bonds. The van der Waals surface area contributed by atoms with Crippen LogP contribution in [-0.4, -0.2) is 21.2 Å². The van der Waals surface area contributed by atoms with Gasteiger partial charge in [-0.05, 0) is 32.1 Å². The molecule has 0 saturated carbocycles. The van der Waals surface area contributed by atoms with Crippen LogP contribution in [0.3, 0.4) is 0 Å². The molecule has 0 aromatic rings. The van der Waals surface area contributed by atoms with E-state index in [-0.39, 0.29) is 5.60 Å². The first-order valence-corrected chi connectivity index (χ1v) is 7.04. The number of unbranched alkanes of at least 4 members (excludes halogenated alkanes) is 2. The van der Waals surface area contributed by atoms with Gasteiger partial charge in [0.1, 0.15) is 0 Å². The van der Waals surface area contributed by atoms with Crippen LogP contribution in [0.25, 0.3) is 0 Å². The van der Waals surface area contributed by atoms with Crippen molar-refractivity contribution >= 4 is 11.8 Å². The van der Waals surface area contributed by atoms with Crippen molar-refractivity contribution in [2.45, 2.75) is 74.4 Å². The van der Waals surface area contributed by atoms with Crippen LogP contribution < -0.4 is 0 Å². The molecule has 2 bridgehead atoms. The summed E-state index contributed by atoms with van der Waals surface area (Å²) >= 11 is 2.13. The molecule has 1 nitrogen and oxygen atoms in total. The molecule has 0 aromatic carbocycles. The molecule has 2 heterocycles. The van der Waals surface area contributed by atoms with E-state index >= 15 is 0 Å². The zero-order valence-electron chi connectivity index (χ0n) is 9.17. The van der Waals surface area contributed by atoms with E-state index in [0.29, 0.717) is 0 Å². The molecule has 2 heteroatoms. The summed E-state index contributed by atoms with van der Waals surface area (Å²) in [5.41, 5.74) is -0.285. The molecule has 2 unspecified atom stereocenters. The predicted molar refractivity (Wildman–Crippen MR) is 62.7 cm³/mol. The van der Waals surface area contributed by atoms with Gasteiger partial charge in [-0.2, -0.15) is 11.8 Å². The van der Waals surface area contributed by atoms with E-state index in [1.807, 2.05) is 0 Å². The molecule has 1 N–H and O–H groups in total. The summed E-state index contributed by atoms with van der Waals surface area (Å²) in [6.07, 6.45) is 9.65. The molecule has 2 rings (SSSR count). The van der Waals surface area contributed by atoms with Gasteiger partial charge in [0, 0.05) is 10.5 Å². The summed E-state index contributed by atoms with van der Waals surface area (Å²) in [6.45, 7) is 2.23. The minimum absolute atomic E-state index is 0.285. The Morgan fingerprint density at radius 1 is 1.21 bits per heavy atom. The average molecular weight is 214 g/mol.